The van der Waals surface area contributed by atoms with Gasteiger partial charge in [-0.3, -0.25) is 4.90 Å². The first kappa shape index (κ1) is 19.6. The lowest BCUT2D eigenvalue weighted by Crippen LogP contribution is -2.48. The summed E-state index contributed by atoms with van der Waals surface area (Å²) < 4.78 is 39.1. The van der Waals surface area contributed by atoms with Crippen LogP contribution in [0.1, 0.15) is 17.5 Å². The summed E-state index contributed by atoms with van der Waals surface area (Å²) in [6, 6.07) is 13.2. The molecule has 1 aliphatic heterocycles. The van der Waals surface area contributed by atoms with E-state index in [9.17, 15) is 12.8 Å². The molecule has 0 spiro atoms. The molecule has 27 heavy (non-hydrogen) atoms. The molecule has 5 nitrogen and oxygen atoms in total. The third-order valence-electron chi connectivity index (χ3n) is 4.83. The minimum absolute atomic E-state index is 0.220. The van der Waals surface area contributed by atoms with E-state index in [1.807, 2.05) is 11.0 Å². The first-order valence-electron chi connectivity index (χ1n) is 8.37. The highest BCUT2D eigenvalue weighted by Crippen LogP contribution is 2.33. The fourth-order valence-electron chi connectivity index (χ4n) is 3.30. The van der Waals surface area contributed by atoms with Crippen LogP contribution in [0.15, 0.2) is 42.5 Å². The summed E-state index contributed by atoms with van der Waals surface area (Å²) in [5.74, 6) is -0.304. The molecule has 1 N–H and O–H groups in total. The molecule has 0 amide bonds. The molecule has 142 valence electrons. The Hall–Kier alpha value is -2.14. The van der Waals surface area contributed by atoms with Crippen LogP contribution in [0.5, 0.6) is 0 Å². The van der Waals surface area contributed by atoms with E-state index in [1.165, 1.54) is 12.3 Å². The highest BCUT2D eigenvalue weighted by Gasteiger charge is 2.46. The Kier molecular flexibility index (Phi) is 5.43. The van der Waals surface area contributed by atoms with Crippen LogP contribution < -0.4 is 5.32 Å². The van der Waals surface area contributed by atoms with Gasteiger partial charge in [0.25, 0.3) is 0 Å². The smallest absolute Gasteiger partial charge is 0.172 e. The van der Waals surface area contributed by atoms with Crippen molar-refractivity contribution in [3.05, 3.63) is 64.4 Å². The number of hydrogen-bond acceptors (Lipinski definition) is 5. The molecular formula is C19H19ClFN3O2S. The van der Waals surface area contributed by atoms with Crippen molar-refractivity contribution in [3.63, 3.8) is 0 Å². The molecule has 0 unspecified atom stereocenters. The number of nitriles is 1. The Morgan fingerprint density at radius 3 is 2.70 bits per heavy atom. The maximum Gasteiger partial charge on any atom is 0.172 e. The zero-order valence-electron chi connectivity index (χ0n) is 14.7. The van der Waals surface area contributed by atoms with Gasteiger partial charge in [0, 0.05) is 37.1 Å². The molecule has 1 aliphatic rings. The summed E-state index contributed by atoms with van der Waals surface area (Å²) in [6.07, 6.45) is 1.55. The average Bonchev–Trinajstić information content (AvgIpc) is 3.01. The van der Waals surface area contributed by atoms with Crippen LogP contribution >= 0.6 is 11.6 Å². The second-order valence-corrected chi connectivity index (χ2v) is 9.48. The molecule has 0 bridgehead atoms. The molecule has 1 fully saturated rings. The van der Waals surface area contributed by atoms with Gasteiger partial charge in [-0.15, -0.1) is 0 Å². The Bertz CT molecular complexity index is 1010. The van der Waals surface area contributed by atoms with Gasteiger partial charge < -0.3 is 5.32 Å². The lowest BCUT2D eigenvalue weighted by molar-refractivity contribution is 0.318. The van der Waals surface area contributed by atoms with Crippen LogP contribution in [0.25, 0.3) is 0 Å². The molecule has 0 saturated carbocycles. The number of sulfone groups is 1. The van der Waals surface area contributed by atoms with Crippen LogP contribution in [-0.4, -0.2) is 37.5 Å². The molecule has 2 aromatic rings. The van der Waals surface area contributed by atoms with E-state index < -0.39 is 14.7 Å². The van der Waals surface area contributed by atoms with Crippen LogP contribution in [0.3, 0.4) is 0 Å². The highest BCUT2D eigenvalue weighted by atomic mass is 35.5. The van der Waals surface area contributed by atoms with Gasteiger partial charge in [-0.1, -0.05) is 29.8 Å². The molecule has 1 atom stereocenters. The Morgan fingerprint density at radius 1 is 1.33 bits per heavy atom. The largest absolute Gasteiger partial charge is 0.365 e. The SMILES string of the molecule is CS(=O)(=O)[C@@]1(Nc2ccc(C#N)c(Cl)c2)CCN(Cc2ccccc2F)C1. The summed E-state index contributed by atoms with van der Waals surface area (Å²) in [6.45, 7) is 1.07. The van der Waals surface area contributed by atoms with Crippen LogP contribution in [0.2, 0.25) is 5.02 Å². The van der Waals surface area contributed by atoms with Crippen molar-refractivity contribution >= 4 is 27.1 Å². The fraction of sp³-hybridized carbons (Fsp3) is 0.316. The van der Waals surface area contributed by atoms with Crippen molar-refractivity contribution in [2.45, 2.75) is 17.8 Å². The molecule has 3 rings (SSSR count). The van der Waals surface area contributed by atoms with Gasteiger partial charge in [0.15, 0.2) is 14.7 Å². The van der Waals surface area contributed by atoms with E-state index >= 15 is 0 Å². The monoisotopic (exact) mass is 407 g/mol. The zero-order valence-corrected chi connectivity index (χ0v) is 16.3. The number of nitrogens with one attached hydrogen (secondary N) is 1. The first-order valence-corrected chi connectivity index (χ1v) is 10.6. The summed E-state index contributed by atoms with van der Waals surface area (Å²) in [5.41, 5.74) is 1.38. The number of likely N-dealkylation sites (tertiary alicyclic amines) is 1. The van der Waals surface area contributed by atoms with E-state index in [4.69, 9.17) is 16.9 Å². The minimum atomic E-state index is -3.48. The fourth-order valence-corrected chi connectivity index (χ4v) is 4.71. The second-order valence-electron chi connectivity index (χ2n) is 6.75. The third-order valence-corrected chi connectivity index (χ3v) is 7.00. The number of anilines is 1. The van der Waals surface area contributed by atoms with Crippen molar-refractivity contribution in [3.8, 4) is 6.07 Å². The minimum Gasteiger partial charge on any atom is -0.365 e. The summed E-state index contributed by atoms with van der Waals surface area (Å²) in [7, 11) is -3.48. The van der Waals surface area contributed by atoms with Gasteiger partial charge >= 0.3 is 0 Å². The maximum atomic E-state index is 13.9. The van der Waals surface area contributed by atoms with Gasteiger partial charge in [-0.25, -0.2) is 12.8 Å². The third kappa shape index (κ3) is 4.08. The van der Waals surface area contributed by atoms with Crippen molar-refractivity contribution in [1.82, 2.24) is 4.90 Å². The predicted octanol–water partition coefficient (Wildman–Crippen LogP) is 3.41. The van der Waals surface area contributed by atoms with Gasteiger partial charge in [0.1, 0.15) is 11.9 Å². The molecule has 1 saturated heterocycles. The molecule has 0 radical (unpaired) electrons. The van der Waals surface area contributed by atoms with E-state index in [-0.39, 0.29) is 17.4 Å². The number of hydrogen-bond donors (Lipinski definition) is 1. The van der Waals surface area contributed by atoms with Gasteiger partial charge in [-0.2, -0.15) is 5.26 Å². The van der Waals surface area contributed by atoms with E-state index in [0.29, 0.717) is 36.3 Å². The molecule has 2 aromatic carbocycles. The summed E-state index contributed by atoms with van der Waals surface area (Å²) >= 11 is 6.06. The van der Waals surface area contributed by atoms with E-state index in [0.717, 1.165) is 0 Å². The van der Waals surface area contributed by atoms with E-state index in [2.05, 4.69) is 5.32 Å². The number of halogens is 2. The molecule has 1 heterocycles. The number of benzene rings is 2. The zero-order chi connectivity index (χ0) is 19.7. The molecule has 0 aliphatic carbocycles. The van der Waals surface area contributed by atoms with Crippen LogP contribution in [0.4, 0.5) is 10.1 Å². The Morgan fingerprint density at radius 2 is 2.07 bits per heavy atom. The standard InChI is InChI=1S/C19H19ClFN3O2S/c1-27(25,26)19(23-16-7-6-14(11-22)17(20)10-16)8-9-24(13-19)12-15-4-2-3-5-18(15)21/h2-7,10,23H,8-9,12-13H2,1H3/t19-/m0/s1. The second kappa shape index (κ2) is 7.47. The lowest BCUT2D eigenvalue weighted by Gasteiger charge is -2.30. The highest BCUT2D eigenvalue weighted by molar-refractivity contribution is 7.92. The first-order chi connectivity index (χ1) is 12.7. The summed E-state index contributed by atoms with van der Waals surface area (Å²) in [4.78, 5) is 0.716. The van der Waals surface area contributed by atoms with Crippen LogP contribution in [-0.2, 0) is 16.4 Å². The van der Waals surface area contributed by atoms with Gasteiger partial charge in [-0.05, 0) is 30.7 Å². The Labute approximate surface area is 163 Å². The van der Waals surface area contributed by atoms with E-state index in [1.54, 1.807) is 36.4 Å². The van der Waals surface area contributed by atoms with Crippen LogP contribution in [0, 0.1) is 17.1 Å². The topological polar surface area (TPSA) is 73.2 Å². The maximum absolute atomic E-state index is 13.9. The number of nitrogens with zero attached hydrogens (tertiary/aromatic N) is 2. The van der Waals surface area contributed by atoms with Crippen molar-refractivity contribution in [1.29, 1.82) is 5.26 Å². The molecular weight excluding hydrogens is 389 g/mol. The summed E-state index contributed by atoms with van der Waals surface area (Å²) in [5, 5.41) is 12.3. The van der Waals surface area contributed by atoms with Crippen molar-refractivity contribution < 1.29 is 12.8 Å². The average molecular weight is 408 g/mol. The Balaban J connectivity index is 1.84. The molecule has 8 heteroatoms. The quantitative estimate of drug-likeness (QED) is 0.822. The number of rotatable bonds is 5. The van der Waals surface area contributed by atoms with Crippen molar-refractivity contribution in [2.75, 3.05) is 24.7 Å². The lowest BCUT2D eigenvalue weighted by atomic mass is 10.2. The van der Waals surface area contributed by atoms with Gasteiger partial charge in [0.2, 0.25) is 0 Å². The molecule has 0 aromatic heterocycles. The van der Waals surface area contributed by atoms with Crippen molar-refractivity contribution in [2.24, 2.45) is 0 Å². The predicted molar refractivity (Wildman–Crippen MR) is 104 cm³/mol. The van der Waals surface area contributed by atoms with Gasteiger partial charge in [0.05, 0.1) is 10.6 Å². The normalized spacial score (nSPS) is 20.4.